The molecule has 0 N–H and O–H groups in total. The number of fused-ring (bicyclic) bond motifs is 1. The number of rotatable bonds is 6. The standard InChI is InChI=1S/C22H28N4O3S/c1-16-20(17(2)26(23-16)19-10-13-30(28,29)15-19)14-24(3)22(27)9-12-25-11-8-18-6-4-5-7-21(18)25/h4-8,11,19H,9-10,12-15H2,1-3H3. The fourth-order valence-corrected chi connectivity index (χ4v) is 6.01. The molecule has 7 nitrogen and oxygen atoms in total. The molecule has 30 heavy (non-hydrogen) atoms. The van der Waals surface area contributed by atoms with Crippen molar-refractivity contribution in [3.8, 4) is 0 Å². The van der Waals surface area contributed by atoms with E-state index < -0.39 is 9.84 Å². The summed E-state index contributed by atoms with van der Waals surface area (Å²) in [5.74, 6) is 0.439. The second-order valence-corrected chi connectivity index (χ2v) is 10.4. The molecule has 1 fully saturated rings. The van der Waals surface area contributed by atoms with Gasteiger partial charge in [-0.25, -0.2) is 8.42 Å². The van der Waals surface area contributed by atoms with Gasteiger partial charge in [0.2, 0.25) is 5.91 Å². The second kappa shape index (κ2) is 7.91. The number of carbonyl (C=O) groups excluding carboxylic acids is 1. The Morgan fingerprint density at radius 2 is 2.00 bits per heavy atom. The largest absolute Gasteiger partial charge is 0.347 e. The van der Waals surface area contributed by atoms with E-state index >= 15 is 0 Å². The number of aryl methyl sites for hydroxylation is 2. The molecule has 3 aromatic rings. The molecule has 0 saturated carbocycles. The summed E-state index contributed by atoms with van der Waals surface area (Å²) in [5, 5.41) is 5.77. The number of benzene rings is 1. The molecule has 0 bridgehead atoms. The van der Waals surface area contributed by atoms with Gasteiger partial charge >= 0.3 is 0 Å². The van der Waals surface area contributed by atoms with Gasteiger partial charge in [0, 0.05) is 49.5 Å². The maximum absolute atomic E-state index is 12.8. The van der Waals surface area contributed by atoms with Crippen molar-refractivity contribution in [1.82, 2.24) is 19.2 Å². The Morgan fingerprint density at radius 3 is 2.73 bits per heavy atom. The molecule has 1 amide bonds. The van der Waals surface area contributed by atoms with Crippen LogP contribution in [0.1, 0.15) is 35.8 Å². The number of aromatic nitrogens is 3. The van der Waals surface area contributed by atoms with Crippen molar-refractivity contribution < 1.29 is 13.2 Å². The van der Waals surface area contributed by atoms with Crippen LogP contribution in [0.15, 0.2) is 36.5 Å². The van der Waals surface area contributed by atoms with Gasteiger partial charge in [0.1, 0.15) is 0 Å². The van der Waals surface area contributed by atoms with Crippen molar-refractivity contribution in [2.24, 2.45) is 0 Å². The van der Waals surface area contributed by atoms with Gasteiger partial charge in [-0.3, -0.25) is 9.48 Å². The van der Waals surface area contributed by atoms with Crippen LogP contribution in [0.5, 0.6) is 0 Å². The lowest BCUT2D eigenvalue weighted by atomic mass is 10.1. The Hall–Kier alpha value is -2.61. The van der Waals surface area contributed by atoms with Crippen molar-refractivity contribution in [2.45, 2.75) is 45.8 Å². The van der Waals surface area contributed by atoms with Gasteiger partial charge in [-0.05, 0) is 37.8 Å². The first-order chi connectivity index (χ1) is 14.2. The lowest BCUT2D eigenvalue weighted by molar-refractivity contribution is -0.130. The van der Waals surface area contributed by atoms with Gasteiger partial charge in [0.15, 0.2) is 9.84 Å². The number of hydrogen-bond acceptors (Lipinski definition) is 4. The highest BCUT2D eigenvalue weighted by molar-refractivity contribution is 7.91. The van der Waals surface area contributed by atoms with Crippen molar-refractivity contribution in [1.29, 1.82) is 0 Å². The summed E-state index contributed by atoms with van der Waals surface area (Å²) in [6.07, 6.45) is 3.04. The molecule has 8 heteroatoms. The Labute approximate surface area is 177 Å². The van der Waals surface area contributed by atoms with Crippen molar-refractivity contribution in [3.63, 3.8) is 0 Å². The summed E-state index contributed by atoms with van der Waals surface area (Å²) in [4.78, 5) is 14.5. The minimum absolute atomic E-state index is 0.0720. The lowest BCUT2D eigenvalue weighted by Crippen LogP contribution is -2.27. The third-order valence-electron chi connectivity index (χ3n) is 6.10. The predicted octanol–water partition coefficient (Wildman–Crippen LogP) is 2.86. The molecule has 1 aliphatic heterocycles. The van der Waals surface area contributed by atoms with Crippen LogP contribution in [0, 0.1) is 13.8 Å². The summed E-state index contributed by atoms with van der Waals surface area (Å²) in [6.45, 7) is 4.99. The predicted molar refractivity (Wildman–Crippen MR) is 117 cm³/mol. The summed E-state index contributed by atoms with van der Waals surface area (Å²) < 4.78 is 27.6. The molecular formula is C22H28N4O3S. The van der Waals surface area contributed by atoms with E-state index in [4.69, 9.17) is 0 Å². The Kier molecular flexibility index (Phi) is 5.44. The highest BCUT2D eigenvalue weighted by Gasteiger charge is 2.31. The van der Waals surface area contributed by atoms with Gasteiger partial charge in [0.05, 0.1) is 23.2 Å². The molecule has 1 unspecified atom stereocenters. The lowest BCUT2D eigenvalue weighted by Gasteiger charge is -2.18. The molecule has 4 rings (SSSR count). The molecule has 3 heterocycles. The Balaban J connectivity index is 1.42. The van der Waals surface area contributed by atoms with Crippen LogP contribution in [0.4, 0.5) is 0 Å². The summed E-state index contributed by atoms with van der Waals surface area (Å²) >= 11 is 0. The molecule has 0 aliphatic carbocycles. The van der Waals surface area contributed by atoms with Crippen LogP contribution < -0.4 is 0 Å². The number of carbonyl (C=O) groups is 1. The van der Waals surface area contributed by atoms with E-state index in [1.54, 1.807) is 4.90 Å². The third kappa shape index (κ3) is 4.01. The molecule has 0 spiro atoms. The maximum Gasteiger partial charge on any atom is 0.224 e. The molecule has 0 radical (unpaired) electrons. The van der Waals surface area contributed by atoms with Crippen LogP contribution in [0.25, 0.3) is 10.9 Å². The maximum atomic E-state index is 12.8. The zero-order valence-corrected chi connectivity index (χ0v) is 18.5. The van der Waals surface area contributed by atoms with Gasteiger partial charge in [0.25, 0.3) is 0 Å². The van der Waals surface area contributed by atoms with E-state index in [1.807, 2.05) is 43.9 Å². The van der Waals surface area contributed by atoms with Crippen molar-refractivity contribution in [3.05, 3.63) is 53.5 Å². The first-order valence-electron chi connectivity index (χ1n) is 10.3. The van der Waals surface area contributed by atoms with Gasteiger partial charge in [-0.1, -0.05) is 18.2 Å². The molecule has 1 saturated heterocycles. The molecular weight excluding hydrogens is 400 g/mol. The number of sulfone groups is 1. The van der Waals surface area contributed by atoms with Crippen LogP contribution in [0.3, 0.4) is 0 Å². The van der Waals surface area contributed by atoms with Crippen LogP contribution >= 0.6 is 0 Å². The third-order valence-corrected chi connectivity index (χ3v) is 7.85. The molecule has 1 aromatic carbocycles. The minimum atomic E-state index is -2.97. The van der Waals surface area contributed by atoms with E-state index in [1.165, 1.54) is 5.39 Å². The SMILES string of the molecule is Cc1nn(C2CCS(=O)(=O)C2)c(C)c1CN(C)C(=O)CCn1ccc2ccccc21. The fraction of sp³-hybridized carbons (Fsp3) is 0.455. The van der Waals surface area contributed by atoms with E-state index in [9.17, 15) is 13.2 Å². The highest BCUT2D eigenvalue weighted by Crippen LogP contribution is 2.27. The quantitative estimate of drug-likeness (QED) is 0.605. The highest BCUT2D eigenvalue weighted by atomic mass is 32.2. The summed E-state index contributed by atoms with van der Waals surface area (Å²) in [5.41, 5.74) is 3.94. The normalized spacial score (nSPS) is 18.2. The van der Waals surface area contributed by atoms with Crippen molar-refractivity contribution >= 4 is 26.6 Å². The molecule has 160 valence electrons. The smallest absolute Gasteiger partial charge is 0.224 e. The molecule has 1 atom stereocenters. The van der Waals surface area contributed by atoms with Crippen LogP contribution in [0.2, 0.25) is 0 Å². The van der Waals surface area contributed by atoms with Gasteiger partial charge in [-0.2, -0.15) is 5.10 Å². The van der Waals surface area contributed by atoms with E-state index in [-0.39, 0.29) is 23.5 Å². The van der Waals surface area contributed by atoms with Crippen LogP contribution in [-0.4, -0.2) is 52.1 Å². The summed E-state index contributed by atoms with van der Waals surface area (Å²) in [7, 11) is -1.16. The fourth-order valence-electron chi connectivity index (χ4n) is 4.32. The zero-order valence-electron chi connectivity index (χ0n) is 17.7. The van der Waals surface area contributed by atoms with E-state index in [0.29, 0.717) is 25.9 Å². The second-order valence-electron chi connectivity index (χ2n) is 8.22. The molecule has 1 aliphatic rings. The average molecular weight is 429 g/mol. The summed E-state index contributed by atoms with van der Waals surface area (Å²) in [6, 6.07) is 10.1. The van der Waals surface area contributed by atoms with Crippen LogP contribution in [-0.2, 0) is 27.7 Å². The number of hydrogen-bond donors (Lipinski definition) is 0. The first kappa shape index (κ1) is 20.7. The topological polar surface area (TPSA) is 77.2 Å². The van der Waals surface area contributed by atoms with Crippen molar-refractivity contribution in [2.75, 3.05) is 18.6 Å². The number of nitrogens with zero attached hydrogens (tertiary/aromatic N) is 4. The number of amides is 1. The molecule has 2 aromatic heterocycles. The average Bonchev–Trinajstić information content (AvgIpc) is 3.37. The zero-order chi connectivity index (χ0) is 21.5. The van der Waals surface area contributed by atoms with E-state index in [2.05, 4.69) is 27.9 Å². The monoisotopic (exact) mass is 428 g/mol. The minimum Gasteiger partial charge on any atom is -0.347 e. The first-order valence-corrected chi connectivity index (χ1v) is 12.1. The van der Waals surface area contributed by atoms with Gasteiger partial charge in [-0.15, -0.1) is 0 Å². The Morgan fingerprint density at radius 1 is 1.23 bits per heavy atom. The Bertz CT molecular complexity index is 1190. The van der Waals surface area contributed by atoms with Gasteiger partial charge < -0.3 is 9.47 Å². The number of para-hydroxylation sites is 1. The van der Waals surface area contributed by atoms with E-state index in [0.717, 1.165) is 22.5 Å².